The van der Waals surface area contributed by atoms with E-state index in [2.05, 4.69) is 4.98 Å². The van der Waals surface area contributed by atoms with E-state index in [4.69, 9.17) is 10.2 Å². The van der Waals surface area contributed by atoms with Crippen molar-refractivity contribution >= 4 is 11.1 Å². The van der Waals surface area contributed by atoms with Gasteiger partial charge in [-0.3, -0.25) is 0 Å². The second-order valence-corrected chi connectivity index (χ2v) is 5.20. The molecule has 0 radical (unpaired) electrons. The molecule has 0 amide bonds. The Hall–Kier alpha value is -1.42. The van der Waals surface area contributed by atoms with Crippen LogP contribution in [0.5, 0.6) is 0 Å². The number of nitrogens with two attached hydrogens (primary N) is 1. The Balaban J connectivity index is 2.02. The Morgan fingerprint density at radius 1 is 1.17 bits per heavy atom. The lowest BCUT2D eigenvalue weighted by atomic mass is 9.91. The minimum absolute atomic E-state index is 0.297. The Kier molecular flexibility index (Phi) is 2.82. The van der Waals surface area contributed by atoms with Gasteiger partial charge in [0.15, 0.2) is 5.58 Å². The number of halogens is 1. The molecule has 1 fully saturated rings. The zero-order valence-electron chi connectivity index (χ0n) is 10.3. The van der Waals surface area contributed by atoms with Gasteiger partial charge in [0.05, 0.1) is 5.54 Å². The third-order valence-corrected chi connectivity index (χ3v) is 3.77. The molecule has 4 heteroatoms. The number of aromatic nitrogens is 1. The summed E-state index contributed by atoms with van der Waals surface area (Å²) in [5.41, 5.74) is 7.12. The molecule has 2 N–H and O–H groups in total. The molecule has 3 nitrogen and oxygen atoms in total. The zero-order chi connectivity index (χ0) is 12.6. The third kappa shape index (κ3) is 2.01. The summed E-state index contributed by atoms with van der Waals surface area (Å²) >= 11 is 0. The fourth-order valence-corrected chi connectivity index (χ4v) is 2.69. The Labute approximate surface area is 105 Å². The fourth-order valence-electron chi connectivity index (χ4n) is 2.69. The van der Waals surface area contributed by atoms with Gasteiger partial charge in [-0.05, 0) is 25.0 Å². The van der Waals surface area contributed by atoms with Gasteiger partial charge in [0.25, 0.3) is 0 Å². The summed E-state index contributed by atoms with van der Waals surface area (Å²) in [4.78, 5) is 4.38. The van der Waals surface area contributed by atoms with E-state index in [1.807, 2.05) is 0 Å². The maximum atomic E-state index is 13.1. The molecule has 1 heterocycles. The zero-order valence-corrected chi connectivity index (χ0v) is 10.3. The van der Waals surface area contributed by atoms with Crippen molar-refractivity contribution in [1.29, 1.82) is 0 Å². The van der Waals surface area contributed by atoms with Gasteiger partial charge < -0.3 is 10.2 Å². The van der Waals surface area contributed by atoms with Crippen LogP contribution in [0.4, 0.5) is 4.39 Å². The molecule has 1 aromatic carbocycles. The molecule has 2 aromatic rings. The molecule has 18 heavy (non-hydrogen) atoms. The van der Waals surface area contributed by atoms with Crippen molar-refractivity contribution in [2.45, 2.75) is 44.1 Å². The van der Waals surface area contributed by atoms with Crippen LogP contribution in [0, 0.1) is 5.82 Å². The number of hydrogen-bond donors (Lipinski definition) is 1. The van der Waals surface area contributed by atoms with Gasteiger partial charge in [-0.2, -0.15) is 0 Å². The van der Waals surface area contributed by atoms with E-state index in [-0.39, 0.29) is 5.82 Å². The molecular formula is C14H17FN2O. The van der Waals surface area contributed by atoms with Gasteiger partial charge in [0.2, 0.25) is 5.89 Å². The molecule has 0 atom stereocenters. The van der Waals surface area contributed by atoms with E-state index in [0.717, 1.165) is 25.7 Å². The first-order valence-corrected chi connectivity index (χ1v) is 6.53. The van der Waals surface area contributed by atoms with Crippen LogP contribution in [0.15, 0.2) is 22.6 Å². The largest absolute Gasteiger partial charge is 0.439 e. The minimum Gasteiger partial charge on any atom is -0.439 e. The highest BCUT2D eigenvalue weighted by atomic mass is 19.1. The highest BCUT2D eigenvalue weighted by molar-refractivity contribution is 5.72. The first-order chi connectivity index (χ1) is 8.67. The van der Waals surface area contributed by atoms with Crippen molar-refractivity contribution in [2.75, 3.05) is 0 Å². The van der Waals surface area contributed by atoms with Crippen LogP contribution < -0.4 is 5.73 Å². The summed E-state index contributed by atoms with van der Waals surface area (Å²) in [6.45, 7) is 0. The average molecular weight is 248 g/mol. The van der Waals surface area contributed by atoms with E-state index in [9.17, 15) is 4.39 Å². The SMILES string of the molecule is NC1(c2nc3cc(F)ccc3o2)CCCCCC1. The highest BCUT2D eigenvalue weighted by Gasteiger charge is 2.33. The number of benzene rings is 1. The number of oxazole rings is 1. The lowest BCUT2D eigenvalue weighted by Crippen LogP contribution is -2.36. The molecular weight excluding hydrogens is 231 g/mol. The molecule has 3 rings (SSSR count). The molecule has 1 saturated carbocycles. The van der Waals surface area contributed by atoms with E-state index in [1.165, 1.54) is 25.0 Å². The van der Waals surface area contributed by atoms with E-state index in [1.54, 1.807) is 6.07 Å². The van der Waals surface area contributed by atoms with Crippen molar-refractivity contribution in [1.82, 2.24) is 4.98 Å². The van der Waals surface area contributed by atoms with Crippen molar-refractivity contribution in [3.8, 4) is 0 Å². The number of fused-ring (bicyclic) bond motifs is 1. The molecule has 0 saturated heterocycles. The van der Waals surface area contributed by atoms with Crippen LogP contribution >= 0.6 is 0 Å². The molecule has 1 aliphatic rings. The van der Waals surface area contributed by atoms with Gasteiger partial charge in [-0.15, -0.1) is 0 Å². The summed E-state index contributed by atoms with van der Waals surface area (Å²) in [7, 11) is 0. The van der Waals surface area contributed by atoms with Crippen molar-refractivity contribution in [2.24, 2.45) is 5.73 Å². The first kappa shape index (κ1) is 11.7. The highest BCUT2D eigenvalue weighted by Crippen LogP contribution is 2.34. The second kappa shape index (κ2) is 4.35. The first-order valence-electron chi connectivity index (χ1n) is 6.53. The number of rotatable bonds is 1. The Morgan fingerprint density at radius 3 is 2.61 bits per heavy atom. The Bertz CT molecular complexity index is 556. The molecule has 0 aliphatic heterocycles. The van der Waals surface area contributed by atoms with E-state index >= 15 is 0 Å². The predicted octanol–water partition coefficient (Wildman–Crippen LogP) is 3.48. The molecule has 1 aliphatic carbocycles. The summed E-state index contributed by atoms with van der Waals surface area (Å²) < 4.78 is 18.9. The summed E-state index contributed by atoms with van der Waals surface area (Å²) in [5, 5.41) is 0. The lowest BCUT2D eigenvalue weighted by Gasteiger charge is -2.23. The predicted molar refractivity (Wildman–Crippen MR) is 67.5 cm³/mol. The van der Waals surface area contributed by atoms with Gasteiger partial charge >= 0.3 is 0 Å². The van der Waals surface area contributed by atoms with Gasteiger partial charge in [-0.25, -0.2) is 9.37 Å². The van der Waals surface area contributed by atoms with Crippen LogP contribution in [-0.2, 0) is 5.54 Å². The monoisotopic (exact) mass is 248 g/mol. The third-order valence-electron chi connectivity index (χ3n) is 3.77. The van der Waals surface area contributed by atoms with Crippen molar-refractivity contribution in [3.05, 3.63) is 29.9 Å². The second-order valence-electron chi connectivity index (χ2n) is 5.20. The van der Waals surface area contributed by atoms with Gasteiger partial charge in [-0.1, -0.05) is 25.7 Å². The minimum atomic E-state index is -0.480. The molecule has 1 aromatic heterocycles. The topological polar surface area (TPSA) is 52.0 Å². The summed E-state index contributed by atoms with van der Waals surface area (Å²) in [6, 6.07) is 4.39. The maximum Gasteiger partial charge on any atom is 0.215 e. The van der Waals surface area contributed by atoms with Crippen LogP contribution in [0.3, 0.4) is 0 Å². The summed E-state index contributed by atoms with van der Waals surface area (Å²) in [6.07, 6.45) is 6.42. The normalized spacial score (nSPS) is 19.9. The van der Waals surface area contributed by atoms with Crippen LogP contribution in [0.1, 0.15) is 44.4 Å². The average Bonchev–Trinajstić information content (AvgIpc) is 2.65. The van der Waals surface area contributed by atoms with E-state index < -0.39 is 5.54 Å². The van der Waals surface area contributed by atoms with Crippen LogP contribution in [0.2, 0.25) is 0 Å². The van der Waals surface area contributed by atoms with Crippen LogP contribution in [0.25, 0.3) is 11.1 Å². The lowest BCUT2D eigenvalue weighted by molar-refractivity contribution is 0.301. The molecule has 0 unspecified atom stereocenters. The smallest absolute Gasteiger partial charge is 0.215 e. The summed E-state index contributed by atoms with van der Waals surface area (Å²) in [5.74, 6) is 0.263. The van der Waals surface area contributed by atoms with Crippen molar-refractivity contribution < 1.29 is 8.81 Å². The molecule has 96 valence electrons. The number of nitrogens with zero attached hydrogens (tertiary/aromatic N) is 1. The number of hydrogen-bond acceptors (Lipinski definition) is 3. The maximum absolute atomic E-state index is 13.1. The molecule has 0 bridgehead atoms. The van der Waals surface area contributed by atoms with Crippen molar-refractivity contribution in [3.63, 3.8) is 0 Å². The van der Waals surface area contributed by atoms with Gasteiger partial charge in [0, 0.05) is 6.07 Å². The fraction of sp³-hybridized carbons (Fsp3) is 0.500. The van der Waals surface area contributed by atoms with Crippen LogP contribution in [-0.4, -0.2) is 4.98 Å². The quantitative estimate of drug-likeness (QED) is 0.786. The standard InChI is InChI=1S/C14H17FN2O/c15-10-5-6-12-11(9-10)17-13(18-12)14(16)7-3-1-2-4-8-14/h5-6,9H,1-4,7-8,16H2. The van der Waals surface area contributed by atoms with E-state index in [0.29, 0.717) is 17.0 Å². The Morgan fingerprint density at radius 2 is 1.89 bits per heavy atom. The van der Waals surface area contributed by atoms with Gasteiger partial charge in [0.1, 0.15) is 11.3 Å². The molecule has 0 spiro atoms.